The molecule has 0 saturated carbocycles. The summed E-state index contributed by atoms with van der Waals surface area (Å²) in [6.45, 7) is 2.51. The fourth-order valence-electron chi connectivity index (χ4n) is 2.34. The minimum absolute atomic E-state index is 0.111. The zero-order chi connectivity index (χ0) is 16.3. The van der Waals surface area contributed by atoms with Crippen LogP contribution in [0, 0.1) is 5.41 Å². The fourth-order valence-corrected chi connectivity index (χ4v) is 2.50. The number of nitrogens with zero attached hydrogens (tertiary/aromatic N) is 3. The highest BCUT2D eigenvalue weighted by Crippen LogP contribution is 2.16. The zero-order valence-electron chi connectivity index (χ0n) is 12.7. The highest BCUT2D eigenvalue weighted by molar-refractivity contribution is 6.30. The molecule has 22 heavy (non-hydrogen) atoms. The molecule has 2 aromatic rings. The first-order chi connectivity index (χ1) is 10.4. The molecule has 0 atom stereocenters. The smallest absolute Gasteiger partial charge is 0.258 e. The van der Waals surface area contributed by atoms with Crippen LogP contribution in [0.3, 0.4) is 0 Å². The van der Waals surface area contributed by atoms with Gasteiger partial charge in [0.1, 0.15) is 5.65 Å². The molecule has 0 spiro atoms. The summed E-state index contributed by atoms with van der Waals surface area (Å²) in [5.74, 6) is 0. The summed E-state index contributed by atoms with van der Waals surface area (Å²) < 4.78 is 1.40. The Balaban J connectivity index is 2.22. The molecule has 0 aromatic carbocycles. The summed E-state index contributed by atoms with van der Waals surface area (Å²) in [5, 5.41) is 19.2. The zero-order valence-corrected chi connectivity index (χ0v) is 13.4. The average Bonchev–Trinajstić information content (AvgIpc) is 2.48. The molecule has 2 aromatic heterocycles. The van der Waals surface area contributed by atoms with E-state index in [1.54, 1.807) is 19.1 Å². The van der Waals surface area contributed by atoms with Gasteiger partial charge in [-0.2, -0.15) is 0 Å². The van der Waals surface area contributed by atoms with Gasteiger partial charge in [-0.25, -0.2) is 4.98 Å². The first-order valence-electron chi connectivity index (χ1n) is 6.95. The van der Waals surface area contributed by atoms with Crippen molar-refractivity contribution < 1.29 is 10.2 Å². The Hall–Kier alpha value is -1.47. The second kappa shape index (κ2) is 6.75. The standard InChI is InChI=1S/C15H20ClN3O3/c1-15(9-20,10-21)8-18(2)7-12-5-14(22)19-6-11(16)3-4-13(19)17-12/h3-6,20-21H,7-10H2,1-2H3. The highest BCUT2D eigenvalue weighted by atomic mass is 35.5. The van der Waals surface area contributed by atoms with Crippen LogP contribution in [-0.2, 0) is 6.54 Å². The molecule has 0 fully saturated rings. The summed E-state index contributed by atoms with van der Waals surface area (Å²) in [6, 6.07) is 4.85. The lowest BCUT2D eigenvalue weighted by molar-refractivity contribution is 0.0399. The van der Waals surface area contributed by atoms with Crippen molar-refractivity contribution in [3.05, 3.63) is 45.5 Å². The van der Waals surface area contributed by atoms with Crippen LogP contribution in [0.5, 0.6) is 0 Å². The molecule has 120 valence electrons. The number of hydrogen-bond donors (Lipinski definition) is 2. The van der Waals surface area contributed by atoms with Crippen LogP contribution in [-0.4, -0.2) is 51.3 Å². The molecule has 0 aliphatic rings. The summed E-state index contributed by atoms with van der Waals surface area (Å²) in [6.07, 6.45) is 1.54. The van der Waals surface area contributed by atoms with Crippen LogP contribution in [0.1, 0.15) is 12.6 Å². The summed E-state index contributed by atoms with van der Waals surface area (Å²) >= 11 is 5.88. The number of halogens is 1. The summed E-state index contributed by atoms with van der Waals surface area (Å²) in [7, 11) is 1.86. The average molecular weight is 326 g/mol. The maximum atomic E-state index is 12.1. The maximum absolute atomic E-state index is 12.1. The molecule has 0 aliphatic carbocycles. The van der Waals surface area contributed by atoms with Gasteiger partial charge in [0.05, 0.1) is 23.9 Å². The number of rotatable bonds is 6. The number of aliphatic hydroxyl groups is 2. The Kier molecular flexibility index (Phi) is 5.18. The Labute approximate surface area is 133 Å². The molecule has 0 aliphatic heterocycles. The van der Waals surface area contributed by atoms with Crippen molar-refractivity contribution in [1.29, 1.82) is 0 Å². The van der Waals surface area contributed by atoms with E-state index in [1.165, 1.54) is 16.7 Å². The van der Waals surface area contributed by atoms with E-state index in [-0.39, 0.29) is 18.8 Å². The fraction of sp³-hybridized carbons (Fsp3) is 0.467. The molecule has 0 unspecified atom stereocenters. The van der Waals surface area contributed by atoms with Crippen molar-refractivity contribution in [1.82, 2.24) is 14.3 Å². The van der Waals surface area contributed by atoms with E-state index in [4.69, 9.17) is 11.6 Å². The molecule has 0 radical (unpaired) electrons. The van der Waals surface area contributed by atoms with Crippen molar-refractivity contribution in [2.24, 2.45) is 5.41 Å². The third-order valence-electron chi connectivity index (χ3n) is 3.52. The molecular weight excluding hydrogens is 306 g/mol. The number of fused-ring (bicyclic) bond motifs is 1. The topological polar surface area (TPSA) is 78.1 Å². The third kappa shape index (κ3) is 3.84. The van der Waals surface area contributed by atoms with E-state index in [0.29, 0.717) is 29.5 Å². The minimum Gasteiger partial charge on any atom is -0.396 e. The first kappa shape index (κ1) is 16.9. The second-order valence-electron chi connectivity index (χ2n) is 5.96. The van der Waals surface area contributed by atoms with E-state index in [9.17, 15) is 15.0 Å². The van der Waals surface area contributed by atoms with Gasteiger partial charge in [-0.05, 0) is 19.2 Å². The van der Waals surface area contributed by atoms with Gasteiger partial charge in [0, 0.05) is 30.8 Å². The van der Waals surface area contributed by atoms with Crippen LogP contribution in [0.15, 0.2) is 29.2 Å². The van der Waals surface area contributed by atoms with Gasteiger partial charge in [0.15, 0.2) is 0 Å². The summed E-state index contributed by atoms with van der Waals surface area (Å²) in [4.78, 5) is 18.5. The van der Waals surface area contributed by atoms with E-state index in [2.05, 4.69) is 4.98 Å². The number of hydrogen-bond acceptors (Lipinski definition) is 5. The van der Waals surface area contributed by atoms with Crippen LogP contribution in [0.2, 0.25) is 5.02 Å². The molecular formula is C15H20ClN3O3. The highest BCUT2D eigenvalue weighted by Gasteiger charge is 2.24. The molecule has 0 bridgehead atoms. The number of pyridine rings is 1. The van der Waals surface area contributed by atoms with Gasteiger partial charge in [0.2, 0.25) is 0 Å². The van der Waals surface area contributed by atoms with Crippen molar-refractivity contribution >= 4 is 17.2 Å². The molecule has 2 N–H and O–H groups in total. The van der Waals surface area contributed by atoms with Gasteiger partial charge < -0.3 is 10.2 Å². The lowest BCUT2D eigenvalue weighted by Gasteiger charge is -2.30. The molecule has 2 heterocycles. The Morgan fingerprint density at radius 2 is 2.05 bits per heavy atom. The minimum atomic E-state index is -0.589. The van der Waals surface area contributed by atoms with Crippen molar-refractivity contribution in [3.63, 3.8) is 0 Å². The lowest BCUT2D eigenvalue weighted by atomic mass is 9.92. The molecule has 0 saturated heterocycles. The second-order valence-corrected chi connectivity index (χ2v) is 6.40. The van der Waals surface area contributed by atoms with Gasteiger partial charge >= 0.3 is 0 Å². The molecule has 0 amide bonds. The summed E-state index contributed by atoms with van der Waals surface area (Å²) in [5.41, 5.74) is 0.386. The predicted molar refractivity (Wildman–Crippen MR) is 85.1 cm³/mol. The SMILES string of the molecule is CN(Cc1cc(=O)n2cc(Cl)ccc2n1)CC(C)(CO)CO. The molecule has 2 rings (SSSR count). The Morgan fingerprint density at radius 3 is 2.68 bits per heavy atom. The third-order valence-corrected chi connectivity index (χ3v) is 3.75. The maximum Gasteiger partial charge on any atom is 0.258 e. The lowest BCUT2D eigenvalue weighted by Crippen LogP contribution is -2.39. The largest absolute Gasteiger partial charge is 0.396 e. The van der Waals surface area contributed by atoms with E-state index >= 15 is 0 Å². The van der Waals surface area contributed by atoms with E-state index in [1.807, 2.05) is 11.9 Å². The van der Waals surface area contributed by atoms with E-state index < -0.39 is 5.41 Å². The number of aliphatic hydroxyl groups excluding tert-OH is 2. The van der Waals surface area contributed by atoms with Gasteiger partial charge in [0.25, 0.3) is 5.56 Å². The predicted octanol–water partition coefficient (Wildman–Crippen LogP) is 0.771. The van der Waals surface area contributed by atoms with Crippen LogP contribution >= 0.6 is 11.6 Å². The first-order valence-corrected chi connectivity index (χ1v) is 7.33. The van der Waals surface area contributed by atoms with Crippen molar-refractivity contribution in [3.8, 4) is 0 Å². The van der Waals surface area contributed by atoms with Crippen LogP contribution < -0.4 is 5.56 Å². The number of aromatic nitrogens is 2. The monoisotopic (exact) mass is 325 g/mol. The van der Waals surface area contributed by atoms with Crippen molar-refractivity contribution in [2.75, 3.05) is 26.8 Å². The van der Waals surface area contributed by atoms with Crippen LogP contribution in [0.25, 0.3) is 5.65 Å². The van der Waals surface area contributed by atoms with Crippen LogP contribution in [0.4, 0.5) is 0 Å². The van der Waals surface area contributed by atoms with E-state index in [0.717, 1.165) is 0 Å². The Morgan fingerprint density at radius 1 is 1.36 bits per heavy atom. The quantitative estimate of drug-likeness (QED) is 0.820. The van der Waals surface area contributed by atoms with Gasteiger partial charge in [-0.3, -0.25) is 14.1 Å². The Bertz CT molecular complexity index is 713. The van der Waals surface area contributed by atoms with Crippen molar-refractivity contribution in [2.45, 2.75) is 13.5 Å². The van der Waals surface area contributed by atoms with Gasteiger partial charge in [-0.15, -0.1) is 0 Å². The molecule has 7 heteroatoms. The van der Waals surface area contributed by atoms with Gasteiger partial charge in [-0.1, -0.05) is 18.5 Å². The molecule has 6 nitrogen and oxygen atoms in total. The normalized spacial score (nSPS) is 12.3.